The first-order chi connectivity index (χ1) is 5.25. The average Bonchev–Trinajstić information content (AvgIpc) is 2.04. The summed E-state index contributed by atoms with van der Waals surface area (Å²) in [5, 5.41) is 0. The predicted molar refractivity (Wildman–Crippen MR) is 45.1 cm³/mol. The van der Waals surface area contributed by atoms with Gasteiger partial charge in [-0.05, 0) is 32.7 Å². The van der Waals surface area contributed by atoms with E-state index >= 15 is 0 Å². The maximum Gasteiger partial charge on any atom is 0.224 e. The molecule has 1 rings (SSSR count). The average molecular weight is 175 g/mol. The van der Waals surface area contributed by atoms with E-state index in [0.29, 0.717) is 6.42 Å². The Morgan fingerprint density at radius 3 is 2.91 bits per heavy atom. The lowest BCUT2D eigenvalue weighted by Gasteiger charge is -2.30. The highest BCUT2D eigenvalue weighted by Crippen LogP contribution is 2.14. The van der Waals surface area contributed by atoms with Crippen molar-refractivity contribution in [3.05, 3.63) is 0 Å². The van der Waals surface area contributed by atoms with Gasteiger partial charge in [0.2, 0.25) is 5.91 Å². The summed E-state index contributed by atoms with van der Waals surface area (Å²) >= 11 is 3.67. The molecule has 0 bridgehead atoms. The SMILES string of the molecule is CC(OS)N1CCCCC1=O. The Kier molecular flexibility index (Phi) is 3.20. The fraction of sp³-hybridized carbons (Fsp3) is 0.857. The summed E-state index contributed by atoms with van der Waals surface area (Å²) in [6, 6.07) is 0. The molecule has 0 aromatic carbocycles. The second kappa shape index (κ2) is 3.97. The Labute approximate surface area is 72.3 Å². The topological polar surface area (TPSA) is 29.5 Å². The molecular weight excluding hydrogens is 162 g/mol. The van der Waals surface area contributed by atoms with Crippen molar-refractivity contribution in [2.45, 2.75) is 32.4 Å². The number of nitrogens with zero attached hydrogens (tertiary/aromatic N) is 1. The lowest BCUT2D eigenvalue weighted by Crippen LogP contribution is -2.41. The Morgan fingerprint density at radius 2 is 2.36 bits per heavy atom. The van der Waals surface area contributed by atoms with E-state index in [9.17, 15) is 4.79 Å². The van der Waals surface area contributed by atoms with Gasteiger partial charge in [-0.2, -0.15) is 0 Å². The molecule has 1 aliphatic heterocycles. The quantitative estimate of drug-likeness (QED) is 0.505. The second-order valence-corrected chi connectivity index (χ2v) is 2.96. The van der Waals surface area contributed by atoms with Gasteiger partial charge in [-0.3, -0.25) is 8.98 Å². The standard InChI is InChI=1S/C7H13NO2S/c1-6(10-11)8-5-3-2-4-7(8)9/h6,11H,2-5H2,1H3. The lowest BCUT2D eigenvalue weighted by molar-refractivity contribution is -0.140. The van der Waals surface area contributed by atoms with Gasteiger partial charge in [0.05, 0.1) is 0 Å². The number of piperidine rings is 1. The molecule has 0 radical (unpaired) electrons. The van der Waals surface area contributed by atoms with Crippen molar-refractivity contribution in [3.63, 3.8) is 0 Å². The molecule has 1 unspecified atom stereocenters. The van der Waals surface area contributed by atoms with E-state index < -0.39 is 0 Å². The van der Waals surface area contributed by atoms with Gasteiger partial charge in [0.1, 0.15) is 6.23 Å². The summed E-state index contributed by atoms with van der Waals surface area (Å²) in [5.41, 5.74) is 0. The summed E-state index contributed by atoms with van der Waals surface area (Å²) in [4.78, 5) is 12.9. The van der Waals surface area contributed by atoms with Crippen LogP contribution in [0.1, 0.15) is 26.2 Å². The van der Waals surface area contributed by atoms with Crippen molar-refractivity contribution in [2.24, 2.45) is 0 Å². The molecule has 1 saturated heterocycles. The molecule has 0 aliphatic carbocycles. The number of hydrogen-bond acceptors (Lipinski definition) is 3. The number of carbonyl (C=O) groups excluding carboxylic acids is 1. The molecule has 1 heterocycles. The Morgan fingerprint density at radius 1 is 1.64 bits per heavy atom. The molecule has 0 aromatic rings. The molecule has 64 valence electrons. The zero-order chi connectivity index (χ0) is 8.27. The molecule has 11 heavy (non-hydrogen) atoms. The predicted octanol–water partition coefficient (Wildman–Crippen LogP) is 1.21. The van der Waals surface area contributed by atoms with Gasteiger partial charge < -0.3 is 4.90 Å². The molecule has 0 N–H and O–H groups in total. The van der Waals surface area contributed by atoms with E-state index in [1.807, 2.05) is 6.92 Å². The zero-order valence-corrected chi connectivity index (χ0v) is 7.51. The van der Waals surface area contributed by atoms with E-state index in [4.69, 9.17) is 4.18 Å². The molecule has 4 heteroatoms. The van der Waals surface area contributed by atoms with Crippen LogP contribution >= 0.6 is 12.9 Å². The molecule has 0 aromatic heterocycles. The summed E-state index contributed by atoms with van der Waals surface area (Å²) in [6.07, 6.45) is 2.55. The van der Waals surface area contributed by atoms with Crippen molar-refractivity contribution in [3.8, 4) is 0 Å². The van der Waals surface area contributed by atoms with Gasteiger partial charge >= 0.3 is 0 Å². The summed E-state index contributed by atoms with van der Waals surface area (Å²) in [6.45, 7) is 2.64. The second-order valence-electron chi connectivity index (χ2n) is 2.75. The molecule has 0 spiro atoms. The largest absolute Gasteiger partial charge is 0.316 e. The van der Waals surface area contributed by atoms with Gasteiger partial charge in [-0.15, -0.1) is 0 Å². The van der Waals surface area contributed by atoms with Gasteiger partial charge in [-0.25, -0.2) is 0 Å². The number of likely N-dealkylation sites (tertiary alicyclic amines) is 1. The van der Waals surface area contributed by atoms with Gasteiger partial charge in [0, 0.05) is 13.0 Å². The number of carbonyl (C=O) groups is 1. The number of amides is 1. The summed E-state index contributed by atoms with van der Waals surface area (Å²) < 4.78 is 4.76. The van der Waals surface area contributed by atoms with Crippen molar-refractivity contribution >= 4 is 18.8 Å². The van der Waals surface area contributed by atoms with Crippen LogP contribution in [0.5, 0.6) is 0 Å². The first-order valence-corrected chi connectivity index (χ1v) is 4.22. The molecule has 1 amide bonds. The highest BCUT2D eigenvalue weighted by atomic mass is 32.1. The maximum atomic E-state index is 11.2. The first kappa shape index (κ1) is 8.87. The van der Waals surface area contributed by atoms with Gasteiger partial charge in [-0.1, -0.05) is 0 Å². The Hall–Kier alpha value is -0.220. The molecule has 1 aliphatic rings. The first-order valence-electron chi connectivity index (χ1n) is 3.85. The number of rotatable bonds is 2. The highest BCUT2D eigenvalue weighted by Gasteiger charge is 2.22. The van der Waals surface area contributed by atoms with Crippen molar-refractivity contribution < 1.29 is 8.98 Å². The molecule has 0 saturated carbocycles. The van der Waals surface area contributed by atoms with E-state index in [1.54, 1.807) is 4.90 Å². The van der Waals surface area contributed by atoms with Crippen LogP contribution in [0.4, 0.5) is 0 Å². The van der Waals surface area contributed by atoms with Crippen molar-refractivity contribution in [1.82, 2.24) is 4.90 Å². The monoisotopic (exact) mass is 175 g/mol. The van der Waals surface area contributed by atoms with Crippen LogP contribution in [0.15, 0.2) is 0 Å². The van der Waals surface area contributed by atoms with Crippen LogP contribution in [0.25, 0.3) is 0 Å². The van der Waals surface area contributed by atoms with Crippen LogP contribution in [0, 0.1) is 0 Å². The molecule has 1 fully saturated rings. The van der Waals surface area contributed by atoms with Crippen molar-refractivity contribution in [2.75, 3.05) is 6.54 Å². The maximum absolute atomic E-state index is 11.2. The third-order valence-electron chi connectivity index (χ3n) is 1.95. The van der Waals surface area contributed by atoms with Gasteiger partial charge in [0.25, 0.3) is 0 Å². The fourth-order valence-corrected chi connectivity index (χ4v) is 1.38. The van der Waals surface area contributed by atoms with Crippen LogP contribution in [-0.2, 0) is 8.98 Å². The molecular formula is C7H13NO2S. The minimum atomic E-state index is -0.189. The normalized spacial score (nSPS) is 22.0. The lowest BCUT2D eigenvalue weighted by atomic mass is 10.1. The van der Waals surface area contributed by atoms with E-state index in [1.165, 1.54) is 0 Å². The summed E-state index contributed by atoms with van der Waals surface area (Å²) in [7, 11) is 0. The van der Waals surface area contributed by atoms with Gasteiger partial charge in [0.15, 0.2) is 0 Å². The minimum absolute atomic E-state index is 0.179. The number of thiol groups is 1. The molecule has 3 nitrogen and oxygen atoms in total. The third kappa shape index (κ3) is 2.10. The van der Waals surface area contributed by atoms with Crippen LogP contribution in [0.3, 0.4) is 0 Å². The van der Waals surface area contributed by atoms with E-state index in [2.05, 4.69) is 12.9 Å². The third-order valence-corrected chi connectivity index (χ3v) is 2.26. The summed E-state index contributed by atoms with van der Waals surface area (Å²) in [5.74, 6) is 0.179. The highest BCUT2D eigenvalue weighted by molar-refractivity contribution is 7.75. The van der Waals surface area contributed by atoms with Crippen LogP contribution in [-0.4, -0.2) is 23.6 Å². The van der Waals surface area contributed by atoms with Crippen molar-refractivity contribution in [1.29, 1.82) is 0 Å². The minimum Gasteiger partial charge on any atom is -0.316 e. The zero-order valence-electron chi connectivity index (χ0n) is 6.62. The van der Waals surface area contributed by atoms with E-state index in [-0.39, 0.29) is 12.1 Å². The Balaban J connectivity index is 2.47. The van der Waals surface area contributed by atoms with E-state index in [0.717, 1.165) is 19.4 Å². The fourth-order valence-electron chi connectivity index (χ4n) is 1.27. The molecule has 1 atom stereocenters. The van der Waals surface area contributed by atoms with Crippen LogP contribution in [0.2, 0.25) is 0 Å². The van der Waals surface area contributed by atoms with Crippen LogP contribution < -0.4 is 0 Å². The number of hydrogen-bond donors (Lipinski definition) is 1. The smallest absolute Gasteiger partial charge is 0.224 e. The Bertz CT molecular complexity index is 151.